The van der Waals surface area contributed by atoms with Gasteiger partial charge in [-0.2, -0.15) is 0 Å². The highest BCUT2D eigenvalue weighted by Crippen LogP contribution is 2.27. The molecule has 3 aromatic rings. The van der Waals surface area contributed by atoms with Crippen LogP contribution in [0.5, 0.6) is 5.75 Å². The van der Waals surface area contributed by atoms with E-state index >= 15 is 0 Å². The molecule has 42 heavy (non-hydrogen) atoms. The Kier molecular flexibility index (Phi) is 12.2. The van der Waals surface area contributed by atoms with Gasteiger partial charge in [-0.05, 0) is 87.2 Å². The lowest BCUT2D eigenvalue weighted by Gasteiger charge is -2.33. The number of carbonyl (C=O) groups excluding carboxylic acids is 2. The minimum Gasteiger partial charge on any atom is -0.494 e. The van der Waals surface area contributed by atoms with Crippen LogP contribution in [0.1, 0.15) is 46.1 Å². The molecule has 3 rings (SSSR count). The lowest BCUT2D eigenvalue weighted by atomic mass is 10.1. The summed E-state index contributed by atoms with van der Waals surface area (Å²) in [4.78, 5) is 28.9. The molecule has 0 radical (unpaired) electrons. The Morgan fingerprint density at radius 3 is 2.12 bits per heavy atom. The van der Waals surface area contributed by atoms with E-state index in [4.69, 9.17) is 16.3 Å². The summed E-state index contributed by atoms with van der Waals surface area (Å²) >= 11 is 6.02. The molecular weight excluding hydrogens is 574 g/mol. The Morgan fingerprint density at radius 1 is 0.905 bits per heavy atom. The highest BCUT2D eigenvalue weighted by atomic mass is 35.5. The average Bonchev–Trinajstić information content (AvgIpc) is 2.99. The predicted octanol–water partition coefficient (Wildman–Crippen LogP) is 5.70. The summed E-state index contributed by atoms with van der Waals surface area (Å²) in [5.74, 6) is -0.168. The number of hydrogen-bond acceptors (Lipinski definition) is 5. The van der Waals surface area contributed by atoms with E-state index in [0.717, 1.165) is 16.3 Å². The maximum Gasteiger partial charge on any atom is 0.264 e. The molecule has 2 amide bonds. The highest BCUT2D eigenvalue weighted by Gasteiger charge is 2.33. The fourth-order valence-electron chi connectivity index (χ4n) is 4.47. The summed E-state index contributed by atoms with van der Waals surface area (Å²) in [6.07, 6.45) is 1.62. The lowest BCUT2D eigenvalue weighted by Crippen LogP contribution is -2.54. The molecule has 0 spiro atoms. The van der Waals surface area contributed by atoms with Gasteiger partial charge in [0.25, 0.3) is 10.0 Å². The van der Waals surface area contributed by atoms with E-state index in [9.17, 15) is 18.0 Å². The van der Waals surface area contributed by atoms with Crippen LogP contribution in [0.4, 0.5) is 5.69 Å². The van der Waals surface area contributed by atoms with E-state index in [1.165, 1.54) is 29.2 Å². The topological polar surface area (TPSA) is 96.0 Å². The molecule has 226 valence electrons. The van der Waals surface area contributed by atoms with Crippen molar-refractivity contribution < 1.29 is 22.7 Å². The largest absolute Gasteiger partial charge is 0.494 e. The Hall–Kier alpha value is -3.56. The molecule has 0 unspecified atom stereocenters. The molecule has 3 aromatic carbocycles. The molecule has 0 saturated heterocycles. The number of halogens is 1. The van der Waals surface area contributed by atoms with Crippen molar-refractivity contribution in [3.8, 4) is 5.75 Å². The number of hydrogen-bond donors (Lipinski definition) is 1. The molecule has 0 heterocycles. The summed E-state index contributed by atoms with van der Waals surface area (Å²) < 4.78 is 34.5. The van der Waals surface area contributed by atoms with Crippen molar-refractivity contribution in [1.29, 1.82) is 0 Å². The molecule has 0 saturated carbocycles. The fraction of sp³-hybridized carbons (Fsp3) is 0.375. The van der Waals surface area contributed by atoms with Gasteiger partial charge < -0.3 is 15.0 Å². The highest BCUT2D eigenvalue weighted by molar-refractivity contribution is 7.92. The quantitative estimate of drug-likeness (QED) is 0.237. The summed E-state index contributed by atoms with van der Waals surface area (Å²) in [5, 5.41) is 3.38. The summed E-state index contributed by atoms with van der Waals surface area (Å²) in [6.45, 7) is 7.79. The van der Waals surface area contributed by atoms with E-state index in [0.29, 0.717) is 35.9 Å². The second kappa shape index (κ2) is 15.6. The van der Waals surface area contributed by atoms with Crippen LogP contribution in [0.3, 0.4) is 0 Å². The van der Waals surface area contributed by atoms with Crippen LogP contribution in [-0.4, -0.2) is 56.9 Å². The standard InChI is InChI=1S/C32H40ClN3O5S/c1-5-24(4)34-32(38)30(6-2)35(22-21-25-11-9-8-10-12-25)31(37)23-36(27-15-17-28(18-16-27)41-7-3)42(39,40)29-19-13-26(33)14-20-29/h8-20,24,30H,5-7,21-23H2,1-4H3,(H,34,38)/t24-,30+/m0/s1. The Balaban J connectivity index is 2.01. The zero-order valence-electron chi connectivity index (χ0n) is 24.6. The number of anilines is 1. The van der Waals surface area contributed by atoms with E-state index in [-0.39, 0.29) is 23.4 Å². The minimum absolute atomic E-state index is 0.00836. The summed E-state index contributed by atoms with van der Waals surface area (Å²) in [6, 6.07) is 21.2. The first-order chi connectivity index (χ1) is 20.1. The first kappa shape index (κ1) is 32.9. The normalized spacial score (nSPS) is 12.7. The molecular formula is C32H40ClN3O5S. The number of rotatable bonds is 15. The second-order valence-electron chi connectivity index (χ2n) is 9.96. The molecule has 2 atom stereocenters. The maximum absolute atomic E-state index is 14.1. The maximum atomic E-state index is 14.1. The Morgan fingerprint density at radius 2 is 1.55 bits per heavy atom. The SMILES string of the molecule is CCOc1ccc(N(CC(=O)N(CCc2ccccc2)[C@H](CC)C(=O)N[C@@H](C)CC)S(=O)(=O)c2ccc(Cl)cc2)cc1. The molecule has 0 fully saturated rings. The Bertz CT molecular complexity index is 1400. The van der Waals surface area contributed by atoms with Crippen molar-refractivity contribution in [2.75, 3.05) is 24.0 Å². The first-order valence-corrected chi connectivity index (χ1v) is 16.1. The van der Waals surface area contributed by atoms with Crippen molar-refractivity contribution in [1.82, 2.24) is 10.2 Å². The van der Waals surface area contributed by atoms with Crippen molar-refractivity contribution in [2.24, 2.45) is 0 Å². The van der Waals surface area contributed by atoms with Gasteiger partial charge in [0.05, 0.1) is 17.2 Å². The van der Waals surface area contributed by atoms with Crippen molar-refractivity contribution in [3.05, 3.63) is 89.4 Å². The number of benzene rings is 3. The molecule has 0 aliphatic heterocycles. The second-order valence-corrected chi connectivity index (χ2v) is 12.3. The molecule has 0 aromatic heterocycles. The van der Waals surface area contributed by atoms with Gasteiger partial charge >= 0.3 is 0 Å². The Labute approximate surface area is 254 Å². The van der Waals surface area contributed by atoms with Crippen LogP contribution in [0.2, 0.25) is 5.02 Å². The van der Waals surface area contributed by atoms with Crippen molar-refractivity contribution in [2.45, 2.75) is 63.9 Å². The van der Waals surface area contributed by atoms with Gasteiger partial charge in [-0.15, -0.1) is 0 Å². The zero-order valence-corrected chi connectivity index (χ0v) is 26.2. The molecule has 0 bridgehead atoms. The fourth-order valence-corrected chi connectivity index (χ4v) is 6.01. The third-order valence-electron chi connectivity index (χ3n) is 6.99. The number of amides is 2. The number of nitrogens with zero attached hydrogens (tertiary/aromatic N) is 2. The van der Waals surface area contributed by atoms with Crippen LogP contribution < -0.4 is 14.4 Å². The van der Waals surface area contributed by atoms with Gasteiger partial charge in [0.1, 0.15) is 18.3 Å². The first-order valence-electron chi connectivity index (χ1n) is 14.3. The van der Waals surface area contributed by atoms with E-state index in [1.807, 2.05) is 58.0 Å². The zero-order chi connectivity index (χ0) is 30.7. The van der Waals surface area contributed by atoms with E-state index in [1.54, 1.807) is 24.3 Å². The van der Waals surface area contributed by atoms with Gasteiger partial charge in [-0.1, -0.05) is 55.8 Å². The van der Waals surface area contributed by atoms with Crippen molar-refractivity contribution in [3.63, 3.8) is 0 Å². The molecule has 1 N–H and O–H groups in total. The van der Waals surface area contributed by atoms with Gasteiger partial charge in [0.15, 0.2) is 0 Å². The van der Waals surface area contributed by atoms with Crippen LogP contribution in [0.25, 0.3) is 0 Å². The number of ether oxygens (including phenoxy) is 1. The lowest BCUT2D eigenvalue weighted by molar-refractivity contribution is -0.139. The van der Waals surface area contributed by atoms with Crippen LogP contribution >= 0.6 is 11.6 Å². The van der Waals surface area contributed by atoms with Gasteiger partial charge in [0.2, 0.25) is 11.8 Å². The average molecular weight is 614 g/mol. The van der Waals surface area contributed by atoms with Gasteiger partial charge in [-0.3, -0.25) is 13.9 Å². The minimum atomic E-state index is -4.18. The molecule has 0 aliphatic carbocycles. The van der Waals surface area contributed by atoms with Gasteiger partial charge in [-0.25, -0.2) is 8.42 Å². The smallest absolute Gasteiger partial charge is 0.264 e. The van der Waals surface area contributed by atoms with Gasteiger partial charge in [0, 0.05) is 17.6 Å². The van der Waals surface area contributed by atoms with E-state index < -0.39 is 28.5 Å². The summed E-state index contributed by atoms with van der Waals surface area (Å²) in [7, 11) is -4.18. The summed E-state index contributed by atoms with van der Waals surface area (Å²) in [5.41, 5.74) is 1.30. The predicted molar refractivity (Wildman–Crippen MR) is 167 cm³/mol. The van der Waals surface area contributed by atoms with Crippen LogP contribution in [0.15, 0.2) is 83.8 Å². The number of carbonyl (C=O) groups is 2. The van der Waals surface area contributed by atoms with Crippen LogP contribution in [0, 0.1) is 0 Å². The monoisotopic (exact) mass is 613 g/mol. The van der Waals surface area contributed by atoms with E-state index in [2.05, 4.69) is 5.32 Å². The third-order valence-corrected chi connectivity index (χ3v) is 9.03. The number of sulfonamides is 1. The van der Waals surface area contributed by atoms with Crippen LogP contribution in [-0.2, 0) is 26.0 Å². The molecule has 10 heteroatoms. The number of nitrogens with one attached hydrogen (secondary N) is 1. The molecule has 0 aliphatic rings. The third kappa shape index (κ3) is 8.72. The molecule has 8 nitrogen and oxygen atoms in total. The van der Waals surface area contributed by atoms with Crippen molar-refractivity contribution >= 4 is 39.1 Å².